The van der Waals surface area contributed by atoms with Gasteiger partial charge in [-0.1, -0.05) is 0 Å². The van der Waals surface area contributed by atoms with Crippen molar-refractivity contribution in [1.82, 2.24) is 0 Å². The first-order valence-corrected chi connectivity index (χ1v) is 16.3. The first-order chi connectivity index (χ1) is 24.7. The Kier molecular flexibility index (Phi) is 11.4. The van der Waals surface area contributed by atoms with Crippen molar-refractivity contribution in [1.29, 1.82) is 0 Å². The molecule has 2 aromatic carbocycles. The first-order valence-electron chi connectivity index (χ1n) is 16.3. The summed E-state index contributed by atoms with van der Waals surface area (Å²) in [4.78, 5) is 0. The molecule has 19 heteroatoms. The standard InChI is InChI=1S/C33H40O19/c1-11-21(37)24(40)27(43)31(47-11)46-10-20-23(39)26(42)29(45)33(52-20)50-18-8-15-16(48-30(18)12-2-4-13(35)5-3-12)6-14(36)7-17(15)49-32-28(44)25(41)22(38)19(9-34)51-32/h2-8,11,19-29,31-34,37-45H,9-10H2,1H3,(H-,35,36)/p+1/t11-,19+,20+,21-,22+,23+,24+,25-,26-,27+,28+,29+,31+,32+,33+/m0/s1. The van der Waals surface area contributed by atoms with E-state index in [1.807, 2.05) is 0 Å². The van der Waals surface area contributed by atoms with Gasteiger partial charge in [0.15, 0.2) is 6.29 Å². The predicted octanol–water partition coefficient (Wildman–Crippen LogP) is -3.00. The van der Waals surface area contributed by atoms with Gasteiger partial charge in [-0.2, -0.15) is 0 Å². The zero-order valence-corrected chi connectivity index (χ0v) is 27.3. The Labute approximate surface area is 294 Å². The molecule has 0 unspecified atom stereocenters. The molecule has 3 aliphatic rings. The van der Waals surface area contributed by atoms with Crippen molar-refractivity contribution in [2.75, 3.05) is 13.2 Å². The van der Waals surface area contributed by atoms with E-state index in [0.29, 0.717) is 5.56 Å². The van der Waals surface area contributed by atoms with E-state index in [1.54, 1.807) is 0 Å². The van der Waals surface area contributed by atoms with Crippen LogP contribution in [-0.2, 0) is 18.9 Å². The minimum absolute atomic E-state index is 0.0329. The minimum Gasteiger partial charge on any atom is -0.508 e. The molecule has 19 nitrogen and oxygen atoms in total. The van der Waals surface area contributed by atoms with Gasteiger partial charge in [0.05, 0.1) is 30.9 Å². The molecule has 0 bridgehead atoms. The normalized spacial score (nSPS) is 38.2. The number of phenolic OH excluding ortho intramolecular Hbond substituents is 2. The number of phenols is 2. The van der Waals surface area contributed by atoms with E-state index in [9.17, 15) is 61.3 Å². The lowest BCUT2D eigenvalue weighted by atomic mass is 9.98. The van der Waals surface area contributed by atoms with Crippen molar-refractivity contribution < 1.29 is 94.1 Å². The number of aliphatic hydroxyl groups excluding tert-OH is 10. The SMILES string of the molecule is C[C@@H]1O[C@@H](OC[C@H]2O[C@@H](Oc3cc4c(O[C@@H]5O[C@H](CO)[C@@H](O)[C@H](O)[C@H]5O)cc(O)cc4[o+]c3-c3ccc(O)cc3)[C@H](O)[C@@H](O)[C@@H]2O)[C@H](O)[C@H](O)[C@H]1O. The molecule has 3 fully saturated rings. The number of ether oxygens (including phenoxy) is 6. The summed E-state index contributed by atoms with van der Waals surface area (Å²) in [6, 6.07) is 9.23. The van der Waals surface area contributed by atoms with Crippen LogP contribution < -0.4 is 9.47 Å². The Balaban J connectivity index is 1.33. The van der Waals surface area contributed by atoms with Gasteiger partial charge in [0.1, 0.15) is 89.8 Å². The maximum Gasteiger partial charge on any atom is 0.402 e. The summed E-state index contributed by atoms with van der Waals surface area (Å²) < 4.78 is 40.2. The summed E-state index contributed by atoms with van der Waals surface area (Å²) in [7, 11) is 0. The van der Waals surface area contributed by atoms with Crippen LogP contribution in [0.5, 0.6) is 23.0 Å². The molecule has 52 heavy (non-hydrogen) atoms. The van der Waals surface area contributed by atoms with E-state index in [0.717, 1.165) is 6.07 Å². The fraction of sp³-hybridized carbons (Fsp3) is 0.545. The lowest BCUT2D eigenvalue weighted by Crippen LogP contribution is -2.61. The highest BCUT2D eigenvalue weighted by atomic mass is 16.7. The summed E-state index contributed by atoms with van der Waals surface area (Å²) in [5, 5.41) is 124. The highest BCUT2D eigenvalue weighted by Crippen LogP contribution is 2.42. The Morgan fingerprint density at radius 3 is 1.79 bits per heavy atom. The number of fused-ring (bicyclic) bond motifs is 1. The zero-order valence-electron chi connectivity index (χ0n) is 27.3. The molecule has 15 atom stereocenters. The average Bonchev–Trinajstić information content (AvgIpc) is 3.12. The molecule has 286 valence electrons. The maximum absolute atomic E-state index is 10.9. The highest BCUT2D eigenvalue weighted by Gasteiger charge is 2.49. The van der Waals surface area contributed by atoms with E-state index in [4.69, 9.17) is 32.8 Å². The van der Waals surface area contributed by atoms with Crippen LogP contribution >= 0.6 is 0 Å². The van der Waals surface area contributed by atoms with Gasteiger partial charge in [0, 0.05) is 12.1 Å². The van der Waals surface area contributed by atoms with Crippen molar-refractivity contribution in [2.45, 2.75) is 99.0 Å². The van der Waals surface area contributed by atoms with Gasteiger partial charge in [-0.3, -0.25) is 0 Å². The largest absolute Gasteiger partial charge is 0.508 e. The second-order valence-electron chi connectivity index (χ2n) is 12.8. The van der Waals surface area contributed by atoms with E-state index >= 15 is 0 Å². The van der Waals surface area contributed by atoms with Gasteiger partial charge >= 0.3 is 11.3 Å². The Morgan fingerprint density at radius 2 is 1.15 bits per heavy atom. The maximum atomic E-state index is 10.9. The zero-order chi connectivity index (χ0) is 37.6. The molecule has 0 radical (unpaired) electrons. The van der Waals surface area contributed by atoms with Crippen molar-refractivity contribution in [3.8, 4) is 34.3 Å². The van der Waals surface area contributed by atoms with Gasteiger partial charge in [-0.15, -0.1) is 0 Å². The number of hydrogen-bond acceptors (Lipinski definition) is 18. The van der Waals surface area contributed by atoms with E-state index in [-0.39, 0.29) is 39.7 Å². The molecule has 4 heterocycles. The molecule has 3 aliphatic heterocycles. The highest BCUT2D eigenvalue weighted by molar-refractivity contribution is 5.88. The second-order valence-corrected chi connectivity index (χ2v) is 12.8. The molecule has 1 aromatic heterocycles. The van der Waals surface area contributed by atoms with E-state index in [2.05, 4.69) is 0 Å². The van der Waals surface area contributed by atoms with Gasteiger partial charge in [0.2, 0.25) is 18.3 Å². The second kappa shape index (κ2) is 15.5. The summed E-state index contributed by atoms with van der Waals surface area (Å²) >= 11 is 0. The van der Waals surface area contributed by atoms with Gasteiger partial charge in [0.25, 0.3) is 0 Å². The number of benzene rings is 2. The van der Waals surface area contributed by atoms with Crippen LogP contribution in [0.4, 0.5) is 0 Å². The van der Waals surface area contributed by atoms with Gasteiger partial charge < -0.3 is 89.7 Å². The van der Waals surface area contributed by atoms with Crippen LogP contribution in [0.3, 0.4) is 0 Å². The third kappa shape index (κ3) is 7.47. The fourth-order valence-electron chi connectivity index (χ4n) is 6.08. The van der Waals surface area contributed by atoms with E-state index < -0.39 is 105 Å². The predicted molar refractivity (Wildman–Crippen MR) is 169 cm³/mol. The molecule has 0 amide bonds. The van der Waals surface area contributed by atoms with Crippen LogP contribution in [0, 0.1) is 0 Å². The molecular formula is C33H41O19+. The molecule has 0 aliphatic carbocycles. The van der Waals surface area contributed by atoms with Gasteiger partial charge in [-0.25, -0.2) is 4.42 Å². The molecule has 6 rings (SSSR count). The van der Waals surface area contributed by atoms with Crippen LogP contribution in [0.2, 0.25) is 0 Å². The number of rotatable bonds is 9. The summed E-state index contributed by atoms with van der Waals surface area (Å²) in [5.41, 5.74) is 0.271. The third-order valence-electron chi connectivity index (χ3n) is 9.17. The average molecular weight is 742 g/mol. The summed E-state index contributed by atoms with van der Waals surface area (Å²) in [6.07, 6.45) is -24.0. The Morgan fingerprint density at radius 1 is 0.596 bits per heavy atom. The lowest BCUT2D eigenvalue weighted by Gasteiger charge is -2.42. The van der Waals surface area contributed by atoms with Crippen molar-refractivity contribution >= 4 is 11.0 Å². The van der Waals surface area contributed by atoms with Crippen LogP contribution in [0.1, 0.15) is 6.92 Å². The summed E-state index contributed by atoms with van der Waals surface area (Å²) in [5.74, 6) is -0.914. The Hall–Kier alpha value is -3.51. The quantitative estimate of drug-likeness (QED) is 0.0973. The number of aliphatic hydroxyl groups is 10. The molecule has 3 aromatic rings. The Bertz CT molecular complexity index is 1670. The number of hydrogen-bond donors (Lipinski definition) is 12. The van der Waals surface area contributed by atoms with Crippen molar-refractivity contribution in [3.05, 3.63) is 42.5 Å². The number of aromatic hydroxyl groups is 2. The minimum atomic E-state index is -1.88. The van der Waals surface area contributed by atoms with E-state index in [1.165, 1.54) is 43.3 Å². The topological polar surface area (TPSA) is 309 Å². The monoisotopic (exact) mass is 741 g/mol. The molecule has 0 spiro atoms. The molecule has 3 saturated heterocycles. The molecular weight excluding hydrogens is 700 g/mol. The molecule has 12 N–H and O–H groups in total. The van der Waals surface area contributed by atoms with Crippen molar-refractivity contribution in [3.63, 3.8) is 0 Å². The van der Waals surface area contributed by atoms with Crippen LogP contribution in [0.25, 0.3) is 22.3 Å². The fourth-order valence-corrected chi connectivity index (χ4v) is 6.08. The molecule has 0 saturated carbocycles. The summed E-state index contributed by atoms with van der Waals surface area (Å²) in [6.45, 7) is 0.142. The van der Waals surface area contributed by atoms with Gasteiger partial charge in [-0.05, 0) is 31.2 Å². The van der Waals surface area contributed by atoms with Crippen LogP contribution in [-0.4, -0.2) is 167 Å². The lowest BCUT2D eigenvalue weighted by molar-refractivity contribution is -0.318. The first kappa shape index (κ1) is 38.2. The smallest absolute Gasteiger partial charge is 0.402 e. The van der Waals surface area contributed by atoms with Crippen LogP contribution in [0.15, 0.2) is 46.9 Å². The third-order valence-corrected chi connectivity index (χ3v) is 9.17. The van der Waals surface area contributed by atoms with Crippen molar-refractivity contribution in [2.24, 2.45) is 0 Å².